The monoisotopic (exact) mass is 494 g/mol. The number of carboxylic acids is 1. The van der Waals surface area contributed by atoms with Gasteiger partial charge in [0.15, 0.2) is 6.29 Å². The van der Waals surface area contributed by atoms with Crippen LogP contribution in [0, 0.1) is 5.82 Å². The molecule has 3 aromatic carbocycles. The Kier molecular flexibility index (Phi) is 8.44. The lowest BCUT2D eigenvalue weighted by atomic mass is 9.98. The molecule has 36 heavy (non-hydrogen) atoms. The minimum Gasteiger partial charge on any atom is -0.497 e. The highest BCUT2D eigenvalue weighted by Gasteiger charge is 2.20. The number of ether oxygens (including phenoxy) is 4. The fourth-order valence-corrected chi connectivity index (χ4v) is 4.22. The maximum absolute atomic E-state index is 14.8. The first-order valence-electron chi connectivity index (χ1n) is 12.1. The number of benzene rings is 3. The second kappa shape index (κ2) is 11.9. The first kappa shape index (κ1) is 25.5. The molecule has 1 aliphatic rings. The zero-order chi connectivity index (χ0) is 25.5. The van der Waals surface area contributed by atoms with Crippen molar-refractivity contribution in [1.29, 1.82) is 0 Å². The number of methoxy groups -OCH3 is 1. The second-order valence-electron chi connectivity index (χ2n) is 8.95. The van der Waals surface area contributed by atoms with Crippen LogP contribution in [0.1, 0.15) is 49.7 Å². The summed E-state index contributed by atoms with van der Waals surface area (Å²) in [6.07, 6.45) is 2.43. The SMILES string of the molecule is COc1ccc(F)c(-c2ccc(COc3cccc([C@H](C)CC(=O)O)c3)cc2OC2CCCCO2)c1. The molecular weight excluding hydrogens is 463 g/mol. The molecule has 0 bridgehead atoms. The summed E-state index contributed by atoms with van der Waals surface area (Å²) in [4.78, 5) is 11.1. The molecule has 1 aliphatic heterocycles. The Labute approximate surface area is 210 Å². The average molecular weight is 495 g/mol. The summed E-state index contributed by atoms with van der Waals surface area (Å²) in [5.41, 5.74) is 2.73. The highest BCUT2D eigenvalue weighted by atomic mass is 19.1. The van der Waals surface area contributed by atoms with E-state index in [1.54, 1.807) is 19.2 Å². The maximum Gasteiger partial charge on any atom is 0.303 e. The molecule has 0 spiro atoms. The van der Waals surface area contributed by atoms with Crippen LogP contribution in [0.25, 0.3) is 11.1 Å². The largest absolute Gasteiger partial charge is 0.497 e. The van der Waals surface area contributed by atoms with Gasteiger partial charge in [0.1, 0.15) is 29.7 Å². The average Bonchev–Trinajstić information content (AvgIpc) is 2.88. The maximum atomic E-state index is 14.8. The molecule has 6 nitrogen and oxygen atoms in total. The molecule has 2 atom stereocenters. The standard InChI is InChI=1S/C29H31FO6/c1-19(14-28(31)32)21-6-5-7-23(16-21)35-18-20-9-11-24(25-17-22(33-2)10-12-26(25)30)27(15-20)36-29-8-3-4-13-34-29/h5-7,9-12,15-17,19,29H,3-4,8,13-14,18H2,1-2H3,(H,31,32)/t19-,29?/m1/s1. The Hall–Kier alpha value is -3.58. The molecule has 0 amide bonds. The molecule has 1 N–H and O–H groups in total. The molecule has 0 saturated carbocycles. The van der Waals surface area contributed by atoms with Crippen LogP contribution >= 0.6 is 0 Å². The van der Waals surface area contributed by atoms with E-state index < -0.39 is 12.3 Å². The predicted molar refractivity (Wildman–Crippen MR) is 134 cm³/mol. The second-order valence-corrected chi connectivity index (χ2v) is 8.95. The van der Waals surface area contributed by atoms with E-state index in [0.29, 0.717) is 35.0 Å². The number of hydrogen-bond acceptors (Lipinski definition) is 5. The van der Waals surface area contributed by atoms with Gasteiger partial charge < -0.3 is 24.1 Å². The van der Waals surface area contributed by atoms with Crippen LogP contribution in [0.3, 0.4) is 0 Å². The topological polar surface area (TPSA) is 74.2 Å². The molecule has 1 heterocycles. The first-order chi connectivity index (χ1) is 17.4. The lowest BCUT2D eigenvalue weighted by Gasteiger charge is -2.25. The van der Waals surface area contributed by atoms with Gasteiger partial charge in [0.25, 0.3) is 0 Å². The molecule has 1 fully saturated rings. The van der Waals surface area contributed by atoms with Gasteiger partial charge in [0.2, 0.25) is 0 Å². The van der Waals surface area contributed by atoms with Crippen molar-refractivity contribution in [3.8, 4) is 28.4 Å². The zero-order valence-electron chi connectivity index (χ0n) is 20.5. The van der Waals surface area contributed by atoms with Crippen molar-refractivity contribution in [2.75, 3.05) is 13.7 Å². The smallest absolute Gasteiger partial charge is 0.303 e. The lowest BCUT2D eigenvalue weighted by Crippen LogP contribution is -2.25. The van der Waals surface area contributed by atoms with Crippen LogP contribution in [0.15, 0.2) is 60.7 Å². The highest BCUT2D eigenvalue weighted by Crippen LogP contribution is 2.36. The van der Waals surface area contributed by atoms with Crippen molar-refractivity contribution in [3.05, 3.63) is 77.6 Å². The van der Waals surface area contributed by atoms with E-state index in [0.717, 1.165) is 30.4 Å². The highest BCUT2D eigenvalue weighted by molar-refractivity contribution is 5.72. The van der Waals surface area contributed by atoms with Crippen molar-refractivity contribution in [2.45, 2.75) is 51.4 Å². The molecule has 0 radical (unpaired) electrons. The van der Waals surface area contributed by atoms with Crippen molar-refractivity contribution < 1.29 is 33.2 Å². The zero-order valence-corrected chi connectivity index (χ0v) is 20.5. The third kappa shape index (κ3) is 6.55. The summed E-state index contributed by atoms with van der Waals surface area (Å²) in [5.74, 6) is 0.372. The molecule has 1 saturated heterocycles. The van der Waals surface area contributed by atoms with E-state index in [1.807, 2.05) is 49.4 Å². The number of carbonyl (C=O) groups is 1. The minimum absolute atomic E-state index is 0.0513. The summed E-state index contributed by atoms with van der Waals surface area (Å²) >= 11 is 0. The number of halogens is 1. The molecule has 190 valence electrons. The van der Waals surface area contributed by atoms with Gasteiger partial charge in [0.05, 0.1) is 20.1 Å². The van der Waals surface area contributed by atoms with Gasteiger partial charge in [-0.15, -0.1) is 0 Å². The summed E-state index contributed by atoms with van der Waals surface area (Å²) in [5, 5.41) is 9.08. The predicted octanol–water partition coefficient (Wildman–Crippen LogP) is 6.56. The van der Waals surface area contributed by atoms with Gasteiger partial charge in [-0.05, 0) is 66.3 Å². The summed E-state index contributed by atoms with van der Waals surface area (Å²) in [6.45, 7) is 2.77. The van der Waals surface area contributed by atoms with E-state index in [4.69, 9.17) is 24.1 Å². The van der Waals surface area contributed by atoms with Gasteiger partial charge in [0, 0.05) is 17.5 Å². The lowest BCUT2D eigenvalue weighted by molar-refractivity contribution is -0.137. The summed E-state index contributed by atoms with van der Waals surface area (Å²) < 4.78 is 38.1. The van der Waals surface area contributed by atoms with Crippen LogP contribution in [-0.2, 0) is 16.1 Å². The van der Waals surface area contributed by atoms with Crippen LogP contribution in [-0.4, -0.2) is 31.1 Å². The quantitative estimate of drug-likeness (QED) is 0.344. The number of rotatable bonds is 10. The van der Waals surface area contributed by atoms with Gasteiger partial charge in [-0.3, -0.25) is 4.79 Å². The Morgan fingerprint density at radius 2 is 1.94 bits per heavy atom. The van der Waals surface area contributed by atoms with Gasteiger partial charge in [-0.1, -0.05) is 31.2 Å². The summed E-state index contributed by atoms with van der Waals surface area (Å²) in [6, 6.07) is 17.6. The van der Waals surface area contributed by atoms with E-state index >= 15 is 0 Å². The van der Waals surface area contributed by atoms with Crippen molar-refractivity contribution >= 4 is 5.97 Å². The van der Waals surface area contributed by atoms with Crippen LogP contribution < -0.4 is 14.2 Å². The van der Waals surface area contributed by atoms with Gasteiger partial charge in [-0.25, -0.2) is 4.39 Å². The Morgan fingerprint density at radius 1 is 1.08 bits per heavy atom. The van der Waals surface area contributed by atoms with E-state index in [9.17, 15) is 9.18 Å². The first-order valence-corrected chi connectivity index (χ1v) is 12.1. The van der Waals surface area contributed by atoms with Crippen LogP contribution in [0.2, 0.25) is 0 Å². The van der Waals surface area contributed by atoms with E-state index in [1.165, 1.54) is 6.07 Å². The third-order valence-electron chi connectivity index (χ3n) is 6.22. The number of carboxylic acid groups (broad SMARTS) is 1. The molecular formula is C29H31FO6. The third-order valence-corrected chi connectivity index (χ3v) is 6.22. The van der Waals surface area contributed by atoms with Gasteiger partial charge in [-0.2, -0.15) is 0 Å². The van der Waals surface area contributed by atoms with Crippen LogP contribution in [0.4, 0.5) is 4.39 Å². The molecule has 0 aromatic heterocycles. The van der Waals surface area contributed by atoms with E-state index in [2.05, 4.69) is 0 Å². The van der Waals surface area contributed by atoms with Crippen LogP contribution in [0.5, 0.6) is 17.2 Å². The molecule has 1 unspecified atom stereocenters. The normalized spacial score (nSPS) is 16.2. The van der Waals surface area contributed by atoms with Crippen molar-refractivity contribution in [1.82, 2.24) is 0 Å². The molecule has 7 heteroatoms. The van der Waals surface area contributed by atoms with Crippen molar-refractivity contribution in [2.24, 2.45) is 0 Å². The van der Waals surface area contributed by atoms with Gasteiger partial charge >= 0.3 is 5.97 Å². The number of aliphatic carboxylic acids is 1. The molecule has 3 aromatic rings. The molecule has 0 aliphatic carbocycles. The fourth-order valence-electron chi connectivity index (χ4n) is 4.22. The number of hydrogen-bond donors (Lipinski definition) is 1. The summed E-state index contributed by atoms with van der Waals surface area (Å²) in [7, 11) is 1.54. The Bertz CT molecular complexity index is 1190. The molecule has 4 rings (SSSR count). The fraction of sp³-hybridized carbons (Fsp3) is 0.345. The van der Waals surface area contributed by atoms with E-state index in [-0.39, 0.29) is 24.8 Å². The minimum atomic E-state index is -0.837. The Morgan fingerprint density at radius 3 is 2.69 bits per heavy atom. The Balaban J connectivity index is 1.57. The van der Waals surface area contributed by atoms with Crippen molar-refractivity contribution in [3.63, 3.8) is 0 Å².